The summed E-state index contributed by atoms with van der Waals surface area (Å²) in [4.78, 5) is 29.1. The zero-order chi connectivity index (χ0) is 18.5. The molecule has 2 aromatic heterocycles. The Balaban J connectivity index is 1.50. The van der Waals surface area contributed by atoms with Crippen LogP contribution in [0.25, 0.3) is 0 Å². The molecule has 0 aliphatic carbocycles. The number of aryl methyl sites for hydroxylation is 3. The number of benzene rings is 1. The fourth-order valence-electron chi connectivity index (χ4n) is 2.33. The Kier molecular flexibility index (Phi) is 5.80. The Bertz CT molecular complexity index is 917. The van der Waals surface area contributed by atoms with Crippen LogP contribution in [-0.2, 0) is 11.2 Å². The second kappa shape index (κ2) is 8.25. The van der Waals surface area contributed by atoms with E-state index in [0.717, 1.165) is 16.9 Å². The number of nitrogens with zero attached hydrogens (tertiary/aromatic N) is 1. The molecular weight excluding hydrogens is 366 g/mol. The lowest BCUT2D eigenvalue weighted by Crippen LogP contribution is -2.13. The van der Waals surface area contributed by atoms with Crippen molar-refractivity contribution in [3.8, 4) is 0 Å². The van der Waals surface area contributed by atoms with Gasteiger partial charge in [0.1, 0.15) is 0 Å². The van der Waals surface area contributed by atoms with Gasteiger partial charge in [-0.2, -0.15) is 0 Å². The maximum absolute atomic E-state index is 12.1. The zero-order valence-corrected chi connectivity index (χ0v) is 16.2. The van der Waals surface area contributed by atoms with Gasteiger partial charge in [0.15, 0.2) is 5.13 Å². The molecule has 0 bridgehead atoms. The quantitative estimate of drug-likeness (QED) is 0.649. The van der Waals surface area contributed by atoms with Gasteiger partial charge in [-0.1, -0.05) is 12.1 Å². The largest absolute Gasteiger partial charge is 0.326 e. The maximum Gasteiger partial charge on any atom is 0.267 e. The van der Waals surface area contributed by atoms with Gasteiger partial charge in [-0.15, -0.1) is 22.7 Å². The summed E-state index contributed by atoms with van der Waals surface area (Å²) < 4.78 is 0. The third-order valence-corrected chi connectivity index (χ3v) is 5.59. The third kappa shape index (κ3) is 4.77. The van der Waals surface area contributed by atoms with Crippen LogP contribution in [0.4, 0.5) is 10.8 Å². The van der Waals surface area contributed by atoms with Crippen molar-refractivity contribution in [1.82, 2.24) is 4.98 Å². The molecule has 2 N–H and O–H groups in total. The number of thiophene rings is 1. The van der Waals surface area contributed by atoms with Crippen molar-refractivity contribution in [3.05, 3.63) is 62.8 Å². The molecule has 0 saturated carbocycles. The molecule has 1 aromatic carbocycles. The van der Waals surface area contributed by atoms with Crippen LogP contribution < -0.4 is 10.6 Å². The standard InChI is InChI=1S/C19H19N3O2S2/c1-12-5-6-14(10-13(12)2)20-17(23)8-7-15-11-26-19(21-15)22-18(24)16-4-3-9-25-16/h3-6,9-11H,7-8H2,1-2H3,(H,20,23)(H,21,22,24). The number of carbonyl (C=O) groups excluding carboxylic acids is 2. The van der Waals surface area contributed by atoms with E-state index in [-0.39, 0.29) is 11.8 Å². The van der Waals surface area contributed by atoms with Crippen LogP contribution in [0.2, 0.25) is 0 Å². The predicted octanol–water partition coefficient (Wildman–Crippen LogP) is 4.65. The summed E-state index contributed by atoms with van der Waals surface area (Å²) in [5.41, 5.74) is 3.95. The summed E-state index contributed by atoms with van der Waals surface area (Å²) in [5, 5.41) is 9.96. The fourth-order valence-corrected chi connectivity index (χ4v) is 3.69. The highest BCUT2D eigenvalue weighted by Gasteiger charge is 2.11. The van der Waals surface area contributed by atoms with Crippen LogP contribution >= 0.6 is 22.7 Å². The van der Waals surface area contributed by atoms with Gasteiger partial charge < -0.3 is 5.32 Å². The molecule has 134 valence electrons. The van der Waals surface area contributed by atoms with Crippen LogP contribution in [0.5, 0.6) is 0 Å². The van der Waals surface area contributed by atoms with Crippen molar-refractivity contribution in [1.29, 1.82) is 0 Å². The van der Waals surface area contributed by atoms with Gasteiger partial charge in [0.25, 0.3) is 5.91 Å². The van der Waals surface area contributed by atoms with Crippen molar-refractivity contribution >= 4 is 45.3 Å². The summed E-state index contributed by atoms with van der Waals surface area (Å²) >= 11 is 2.75. The Morgan fingerprint density at radius 3 is 2.65 bits per heavy atom. The van der Waals surface area contributed by atoms with E-state index in [1.54, 1.807) is 6.07 Å². The minimum Gasteiger partial charge on any atom is -0.326 e. The molecule has 0 atom stereocenters. The summed E-state index contributed by atoms with van der Waals surface area (Å²) in [6.45, 7) is 4.06. The van der Waals surface area contributed by atoms with Crippen LogP contribution in [0.1, 0.15) is 32.9 Å². The number of rotatable bonds is 6. The van der Waals surface area contributed by atoms with E-state index in [9.17, 15) is 9.59 Å². The summed E-state index contributed by atoms with van der Waals surface area (Å²) in [5.74, 6) is -0.209. The Morgan fingerprint density at radius 1 is 1.08 bits per heavy atom. The Hall–Kier alpha value is -2.51. The van der Waals surface area contributed by atoms with Crippen LogP contribution in [-0.4, -0.2) is 16.8 Å². The van der Waals surface area contributed by atoms with E-state index in [2.05, 4.69) is 15.6 Å². The fraction of sp³-hybridized carbons (Fsp3) is 0.211. The van der Waals surface area contributed by atoms with Crippen molar-refractivity contribution in [2.24, 2.45) is 0 Å². The van der Waals surface area contributed by atoms with Crippen molar-refractivity contribution < 1.29 is 9.59 Å². The first-order valence-corrected chi connectivity index (χ1v) is 9.93. The van der Waals surface area contributed by atoms with Crippen molar-refractivity contribution in [2.45, 2.75) is 26.7 Å². The number of carbonyl (C=O) groups is 2. The smallest absolute Gasteiger partial charge is 0.267 e. The lowest BCUT2D eigenvalue weighted by molar-refractivity contribution is -0.116. The lowest BCUT2D eigenvalue weighted by atomic mass is 10.1. The number of hydrogen-bond donors (Lipinski definition) is 2. The normalized spacial score (nSPS) is 10.5. The molecule has 26 heavy (non-hydrogen) atoms. The average Bonchev–Trinajstić information content (AvgIpc) is 3.28. The van der Waals surface area contributed by atoms with Crippen molar-refractivity contribution in [2.75, 3.05) is 10.6 Å². The molecule has 0 radical (unpaired) electrons. The highest BCUT2D eigenvalue weighted by atomic mass is 32.1. The van der Waals surface area contributed by atoms with Gasteiger partial charge in [-0.05, 0) is 55.0 Å². The minimum absolute atomic E-state index is 0.0505. The second-order valence-corrected chi connectivity index (χ2v) is 7.73. The molecule has 2 amide bonds. The number of aromatic nitrogens is 1. The molecule has 3 rings (SSSR count). The summed E-state index contributed by atoms with van der Waals surface area (Å²) in [6, 6.07) is 9.47. The van der Waals surface area contributed by atoms with E-state index < -0.39 is 0 Å². The summed E-state index contributed by atoms with van der Waals surface area (Å²) in [7, 11) is 0. The first-order chi connectivity index (χ1) is 12.5. The van der Waals surface area contributed by atoms with E-state index in [0.29, 0.717) is 22.9 Å². The average molecular weight is 386 g/mol. The minimum atomic E-state index is -0.159. The molecule has 0 fully saturated rings. The number of thiazole rings is 1. The highest BCUT2D eigenvalue weighted by molar-refractivity contribution is 7.14. The van der Waals surface area contributed by atoms with Gasteiger partial charge >= 0.3 is 0 Å². The van der Waals surface area contributed by atoms with Crippen LogP contribution in [0.3, 0.4) is 0 Å². The van der Waals surface area contributed by atoms with E-state index >= 15 is 0 Å². The first kappa shape index (κ1) is 18.3. The molecule has 0 unspecified atom stereocenters. The first-order valence-electron chi connectivity index (χ1n) is 8.17. The van der Waals surface area contributed by atoms with Gasteiger partial charge in [0, 0.05) is 17.5 Å². The Labute approximate surface area is 160 Å². The Morgan fingerprint density at radius 2 is 1.92 bits per heavy atom. The van der Waals surface area contributed by atoms with E-state index in [1.165, 1.54) is 28.2 Å². The molecule has 7 heteroatoms. The maximum atomic E-state index is 12.1. The number of amides is 2. The third-order valence-electron chi connectivity index (χ3n) is 3.92. The molecular formula is C19H19N3O2S2. The lowest BCUT2D eigenvalue weighted by Gasteiger charge is -2.07. The van der Waals surface area contributed by atoms with E-state index in [1.807, 2.05) is 48.9 Å². The number of nitrogens with one attached hydrogen (secondary N) is 2. The molecule has 5 nitrogen and oxygen atoms in total. The van der Waals surface area contributed by atoms with Crippen LogP contribution in [0, 0.1) is 13.8 Å². The topological polar surface area (TPSA) is 71.1 Å². The van der Waals surface area contributed by atoms with Crippen LogP contribution in [0.15, 0.2) is 41.1 Å². The highest BCUT2D eigenvalue weighted by Crippen LogP contribution is 2.19. The molecule has 0 spiro atoms. The van der Waals surface area contributed by atoms with Gasteiger partial charge in [0.05, 0.1) is 10.6 Å². The monoisotopic (exact) mass is 385 g/mol. The van der Waals surface area contributed by atoms with Gasteiger partial charge in [0.2, 0.25) is 5.91 Å². The van der Waals surface area contributed by atoms with Gasteiger partial charge in [-0.3, -0.25) is 14.9 Å². The van der Waals surface area contributed by atoms with E-state index in [4.69, 9.17) is 0 Å². The SMILES string of the molecule is Cc1ccc(NC(=O)CCc2csc(NC(=O)c3cccs3)n2)cc1C. The zero-order valence-electron chi connectivity index (χ0n) is 14.5. The molecule has 3 aromatic rings. The predicted molar refractivity (Wildman–Crippen MR) is 107 cm³/mol. The van der Waals surface area contributed by atoms with Gasteiger partial charge in [-0.25, -0.2) is 4.98 Å². The van der Waals surface area contributed by atoms with Crippen molar-refractivity contribution in [3.63, 3.8) is 0 Å². The number of hydrogen-bond acceptors (Lipinski definition) is 5. The number of anilines is 2. The molecule has 0 aliphatic heterocycles. The second-order valence-electron chi connectivity index (χ2n) is 5.92. The summed E-state index contributed by atoms with van der Waals surface area (Å²) in [6.07, 6.45) is 0.872. The molecule has 0 aliphatic rings. The molecule has 2 heterocycles. The molecule has 0 saturated heterocycles.